The van der Waals surface area contributed by atoms with Crippen LogP contribution >= 0.6 is 0 Å². The fraction of sp³-hybridized carbons (Fsp3) is 0.348. The van der Waals surface area contributed by atoms with Crippen LogP contribution in [0.5, 0.6) is 0 Å². The summed E-state index contributed by atoms with van der Waals surface area (Å²) in [5.74, 6) is 0.591. The zero-order valence-electron chi connectivity index (χ0n) is 15.3. The molecule has 4 rings (SSSR count). The third-order valence-electron chi connectivity index (χ3n) is 5.57. The molecule has 3 aromatic rings. The molecule has 0 spiro atoms. The van der Waals surface area contributed by atoms with E-state index in [4.69, 9.17) is 4.98 Å². The van der Waals surface area contributed by atoms with Crippen molar-refractivity contribution in [2.45, 2.75) is 25.4 Å². The van der Waals surface area contributed by atoms with Gasteiger partial charge in [-0.1, -0.05) is 48.5 Å². The molecule has 1 aliphatic rings. The molecule has 3 heteroatoms. The van der Waals surface area contributed by atoms with Crippen LogP contribution in [0.1, 0.15) is 30.9 Å². The lowest BCUT2D eigenvalue weighted by Gasteiger charge is -2.30. The Morgan fingerprint density at radius 2 is 1.73 bits per heavy atom. The smallest absolute Gasteiger partial charge is 0.0800 e. The van der Waals surface area contributed by atoms with Crippen LogP contribution in [0.2, 0.25) is 0 Å². The molecular formula is C23H26N2O. The number of piperidine rings is 1. The maximum Gasteiger partial charge on any atom is 0.0800 e. The van der Waals surface area contributed by atoms with Crippen molar-refractivity contribution in [3.8, 4) is 11.3 Å². The van der Waals surface area contributed by atoms with Gasteiger partial charge in [0.1, 0.15) is 0 Å². The van der Waals surface area contributed by atoms with Crippen molar-refractivity contribution >= 4 is 10.9 Å². The molecule has 0 aliphatic carbocycles. The highest BCUT2D eigenvalue weighted by molar-refractivity contribution is 5.85. The van der Waals surface area contributed by atoms with E-state index in [1.807, 2.05) is 36.4 Å². The Bertz CT molecular complexity index is 870. The van der Waals surface area contributed by atoms with Crippen molar-refractivity contribution in [3.05, 3.63) is 66.2 Å². The number of para-hydroxylation sites is 1. The predicted molar refractivity (Wildman–Crippen MR) is 107 cm³/mol. The maximum absolute atomic E-state index is 11.1. The number of benzene rings is 2. The van der Waals surface area contributed by atoms with E-state index in [0.717, 1.165) is 47.2 Å². The Kier molecular flexibility index (Phi) is 5.00. The molecule has 1 fully saturated rings. The Hall–Kier alpha value is -2.23. The van der Waals surface area contributed by atoms with Gasteiger partial charge in [-0.3, -0.25) is 0 Å². The molecule has 0 bridgehead atoms. The molecule has 0 radical (unpaired) electrons. The minimum Gasteiger partial charge on any atom is -0.388 e. The third kappa shape index (κ3) is 3.64. The van der Waals surface area contributed by atoms with Crippen molar-refractivity contribution in [2.75, 3.05) is 20.1 Å². The first-order valence-electron chi connectivity index (χ1n) is 9.52. The number of pyridine rings is 1. The summed E-state index contributed by atoms with van der Waals surface area (Å²) in [5.41, 5.74) is 3.98. The second kappa shape index (κ2) is 7.56. The fourth-order valence-corrected chi connectivity index (χ4v) is 3.98. The molecule has 1 aromatic heterocycles. The second-order valence-corrected chi connectivity index (χ2v) is 7.48. The number of rotatable bonds is 4. The molecule has 2 aromatic carbocycles. The topological polar surface area (TPSA) is 36.4 Å². The molecular weight excluding hydrogens is 320 g/mol. The zero-order valence-corrected chi connectivity index (χ0v) is 15.3. The van der Waals surface area contributed by atoms with Gasteiger partial charge in [0, 0.05) is 10.9 Å². The first-order valence-corrected chi connectivity index (χ1v) is 9.52. The lowest BCUT2D eigenvalue weighted by molar-refractivity contribution is 0.117. The van der Waals surface area contributed by atoms with Crippen molar-refractivity contribution in [3.63, 3.8) is 0 Å². The van der Waals surface area contributed by atoms with Crippen molar-refractivity contribution in [1.82, 2.24) is 9.88 Å². The highest BCUT2D eigenvalue weighted by atomic mass is 16.3. The van der Waals surface area contributed by atoms with Gasteiger partial charge < -0.3 is 10.0 Å². The maximum atomic E-state index is 11.1. The third-order valence-corrected chi connectivity index (χ3v) is 5.57. The number of hydrogen-bond acceptors (Lipinski definition) is 3. The molecule has 3 nitrogen and oxygen atoms in total. The fourth-order valence-electron chi connectivity index (χ4n) is 3.98. The number of likely N-dealkylation sites (tertiary alicyclic amines) is 1. The van der Waals surface area contributed by atoms with Crippen molar-refractivity contribution in [1.29, 1.82) is 0 Å². The minimum absolute atomic E-state index is 0.446. The van der Waals surface area contributed by atoms with Gasteiger partial charge in [0.25, 0.3) is 0 Å². The number of aliphatic hydroxyl groups excluding tert-OH is 1. The Labute approximate surface area is 155 Å². The van der Waals surface area contributed by atoms with E-state index >= 15 is 0 Å². The molecule has 0 amide bonds. The van der Waals surface area contributed by atoms with E-state index in [0.29, 0.717) is 5.92 Å². The van der Waals surface area contributed by atoms with Gasteiger partial charge in [-0.2, -0.15) is 0 Å². The Morgan fingerprint density at radius 1 is 1.04 bits per heavy atom. The van der Waals surface area contributed by atoms with Gasteiger partial charge in [0.15, 0.2) is 0 Å². The molecule has 1 aliphatic heterocycles. The number of aromatic nitrogens is 1. The molecule has 1 unspecified atom stereocenters. The highest BCUT2D eigenvalue weighted by Crippen LogP contribution is 2.33. The van der Waals surface area contributed by atoms with E-state index in [1.54, 1.807) is 0 Å². The van der Waals surface area contributed by atoms with Crippen LogP contribution in [0.4, 0.5) is 0 Å². The predicted octanol–water partition coefficient (Wildman–Crippen LogP) is 4.67. The Morgan fingerprint density at radius 3 is 2.50 bits per heavy atom. The van der Waals surface area contributed by atoms with Crippen LogP contribution in [0, 0.1) is 5.92 Å². The lowest BCUT2D eigenvalue weighted by Crippen LogP contribution is -2.30. The van der Waals surface area contributed by atoms with Gasteiger partial charge in [-0.25, -0.2) is 4.98 Å². The number of aliphatic hydroxyl groups is 1. The standard InChI is InChI=1S/C23H26N2O/c1-25-13-11-17(12-14-25)15-23(26)20-16-22(18-7-3-2-4-8-18)24-21-10-6-5-9-19(20)21/h2-10,16-17,23,26H,11-15H2,1H3. The largest absolute Gasteiger partial charge is 0.388 e. The Balaban J connectivity index is 1.68. The van der Waals surface area contributed by atoms with E-state index in [2.05, 4.69) is 36.2 Å². The van der Waals surface area contributed by atoms with Crippen molar-refractivity contribution < 1.29 is 5.11 Å². The molecule has 1 saturated heterocycles. The number of hydrogen-bond donors (Lipinski definition) is 1. The molecule has 1 N–H and O–H groups in total. The minimum atomic E-state index is -0.446. The quantitative estimate of drug-likeness (QED) is 0.746. The first-order chi connectivity index (χ1) is 12.7. The van der Waals surface area contributed by atoms with Crippen LogP contribution in [0.15, 0.2) is 60.7 Å². The molecule has 2 heterocycles. The molecule has 0 saturated carbocycles. The van der Waals surface area contributed by atoms with Gasteiger partial charge in [0.2, 0.25) is 0 Å². The summed E-state index contributed by atoms with van der Waals surface area (Å²) in [4.78, 5) is 7.20. The highest BCUT2D eigenvalue weighted by Gasteiger charge is 2.22. The lowest BCUT2D eigenvalue weighted by atomic mass is 9.88. The molecule has 1 atom stereocenters. The molecule has 26 heavy (non-hydrogen) atoms. The summed E-state index contributed by atoms with van der Waals surface area (Å²) in [7, 11) is 2.18. The monoisotopic (exact) mass is 346 g/mol. The van der Waals surface area contributed by atoms with Crippen LogP contribution in [-0.4, -0.2) is 35.1 Å². The van der Waals surface area contributed by atoms with Crippen LogP contribution in [-0.2, 0) is 0 Å². The summed E-state index contributed by atoms with van der Waals surface area (Å²) >= 11 is 0. The van der Waals surface area contributed by atoms with Crippen LogP contribution in [0.3, 0.4) is 0 Å². The van der Waals surface area contributed by atoms with Crippen molar-refractivity contribution in [2.24, 2.45) is 5.92 Å². The normalized spacial score (nSPS) is 17.5. The molecule has 134 valence electrons. The number of nitrogens with zero attached hydrogens (tertiary/aromatic N) is 2. The summed E-state index contributed by atoms with van der Waals surface area (Å²) in [6.45, 7) is 2.26. The summed E-state index contributed by atoms with van der Waals surface area (Å²) < 4.78 is 0. The van der Waals surface area contributed by atoms with Gasteiger partial charge >= 0.3 is 0 Å². The number of fused-ring (bicyclic) bond motifs is 1. The summed E-state index contributed by atoms with van der Waals surface area (Å²) in [6, 6.07) is 20.4. The van der Waals surface area contributed by atoms with E-state index < -0.39 is 6.10 Å². The average molecular weight is 346 g/mol. The summed E-state index contributed by atoms with van der Waals surface area (Å²) in [5, 5.41) is 12.1. The second-order valence-electron chi connectivity index (χ2n) is 7.48. The zero-order chi connectivity index (χ0) is 17.9. The SMILES string of the molecule is CN1CCC(CC(O)c2cc(-c3ccccc3)nc3ccccc23)CC1. The van der Waals surface area contributed by atoms with E-state index in [-0.39, 0.29) is 0 Å². The summed E-state index contributed by atoms with van der Waals surface area (Å²) in [6.07, 6.45) is 2.72. The van der Waals surface area contributed by atoms with Gasteiger partial charge in [0.05, 0.1) is 17.3 Å². The van der Waals surface area contributed by atoms with Crippen LogP contribution < -0.4 is 0 Å². The van der Waals surface area contributed by atoms with Gasteiger partial charge in [-0.05, 0) is 63.0 Å². The van der Waals surface area contributed by atoms with Crippen LogP contribution in [0.25, 0.3) is 22.2 Å². The van der Waals surface area contributed by atoms with Gasteiger partial charge in [-0.15, -0.1) is 0 Å². The average Bonchev–Trinajstić information content (AvgIpc) is 2.69. The van der Waals surface area contributed by atoms with E-state index in [1.165, 1.54) is 12.8 Å². The first kappa shape index (κ1) is 17.2. The van der Waals surface area contributed by atoms with E-state index in [9.17, 15) is 5.11 Å².